The maximum absolute atomic E-state index is 11.1. The van der Waals surface area contributed by atoms with E-state index in [1.807, 2.05) is 44.2 Å². The van der Waals surface area contributed by atoms with Gasteiger partial charge in [0.25, 0.3) is 0 Å². The molecule has 1 heterocycles. The second-order valence-corrected chi connectivity index (χ2v) is 9.69. The first-order chi connectivity index (χ1) is 13.8. The van der Waals surface area contributed by atoms with Crippen LogP contribution in [-0.2, 0) is 16.4 Å². The highest BCUT2D eigenvalue weighted by atomic mass is 127. The summed E-state index contributed by atoms with van der Waals surface area (Å²) < 4.78 is 30.4. The first-order valence-corrected chi connectivity index (χ1v) is 12.4. The van der Waals surface area contributed by atoms with E-state index in [0.717, 1.165) is 30.7 Å². The number of aliphatic imine (C=N–C) groups is 1. The number of hydrogen-bond donors (Lipinski definition) is 3. The number of guanidine groups is 1. The van der Waals surface area contributed by atoms with Crippen LogP contribution in [0.2, 0.25) is 0 Å². The van der Waals surface area contributed by atoms with Crippen LogP contribution in [-0.4, -0.2) is 46.4 Å². The first-order valence-electron chi connectivity index (χ1n) is 9.61. The van der Waals surface area contributed by atoms with E-state index in [-0.39, 0.29) is 30.1 Å². The van der Waals surface area contributed by atoms with E-state index < -0.39 is 10.0 Å². The van der Waals surface area contributed by atoms with Gasteiger partial charge in [0.15, 0.2) is 5.96 Å². The number of thiophene rings is 1. The molecule has 30 heavy (non-hydrogen) atoms. The Morgan fingerprint density at radius 1 is 1.17 bits per heavy atom. The lowest BCUT2D eigenvalue weighted by molar-refractivity contribution is 0.242. The number of halogens is 1. The predicted octanol–water partition coefficient (Wildman–Crippen LogP) is 3.69. The van der Waals surface area contributed by atoms with Gasteiger partial charge in [-0.2, -0.15) is 0 Å². The molecule has 0 amide bonds. The van der Waals surface area contributed by atoms with Crippen molar-refractivity contribution in [2.75, 3.05) is 31.2 Å². The molecule has 0 aliphatic rings. The molecule has 0 saturated heterocycles. The molecule has 2 aromatic rings. The van der Waals surface area contributed by atoms with Crippen molar-refractivity contribution < 1.29 is 13.2 Å². The minimum atomic E-state index is -3.17. The number of hydrogen-bond acceptors (Lipinski definition) is 5. The van der Waals surface area contributed by atoms with E-state index in [2.05, 4.69) is 31.8 Å². The van der Waals surface area contributed by atoms with Crippen LogP contribution >= 0.6 is 35.3 Å². The summed E-state index contributed by atoms with van der Waals surface area (Å²) in [6, 6.07) is 11.9. The van der Waals surface area contributed by atoms with Gasteiger partial charge in [-0.3, -0.25) is 4.99 Å². The van der Waals surface area contributed by atoms with Gasteiger partial charge in [0, 0.05) is 30.2 Å². The molecule has 0 atom stereocenters. The van der Waals surface area contributed by atoms with Crippen molar-refractivity contribution in [3.63, 3.8) is 0 Å². The molecule has 3 N–H and O–H groups in total. The summed E-state index contributed by atoms with van der Waals surface area (Å²) in [5, 5.41) is 8.70. The van der Waals surface area contributed by atoms with E-state index in [1.165, 1.54) is 4.88 Å². The number of nitrogens with zero attached hydrogens (tertiary/aromatic N) is 1. The Kier molecular flexibility index (Phi) is 12.3. The van der Waals surface area contributed by atoms with Gasteiger partial charge in [-0.05, 0) is 62.4 Å². The van der Waals surface area contributed by atoms with Crippen molar-refractivity contribution >= 4 is 57.0 Å². The van der Waals surface area contributed by atoms with Crippen LogP contribution in [0.1, 0.15) is 25.1 Å². The van der Waals surface area contributed by atoms with E-state index in [1.54, 1.807) is 11.3 Å². The third kappa shape index (κ3) is 11.7. The third-order valence-corrected chi connectivity index (χ3v) is 5.37. The fraction of sp³-hybridized carbons (Fsp3) is 0.450. The zero-order chi connectivity index (χ0) is 21.1. The fourth-order valence-electron chi connectivity index (χ4n) is 2.45. The molecule has 0 saturated carbocycles. The van der Waals surface area contributed by atoms with Crippen LogP contribution in [0.3, 0.4) is 0 Å². The second kappa shape index (κ2) is 13.8. The van der Waals surface area contributed by atoms with E-state index in [9.17, 15) is 8.42 Å². The van der Waals surface area contributed by atoms with Crippen LogP contribution < -0.4 is 20.1 Å². The Balaban J connectivity index is 0.00000450. The lowest BCUT2D eigenvalue weighted by Gasteiger charge is -2.14. The van der Waals surface area contributed by atoms with Crippen molar-refractivity contribution in [1.82, 2.24) is 10.0 Å². The summed E-state index contributed by atoms with van der Waals surface area (Å²) in [5.41, 5.74) is 0.901. The maximum atomic E-state index is 11.1. The Morgan fingerprint density at radius 2 is 1.90 bits per heavy atom. The Hall–Kier alpha value is -1.37. The Labute approximate surface area is 200 Å². The lowest BCUT2D eigenvalue weighted by atomic mass is 10.3. The molecule has 1 aromatic carbocycles. The monoisotopic (exact) mass is 566 g/mol. The van der Waals surface area contributed by atoms with Gasteiger partial charge in [0.05, 0.1) is 12.4 Å². The fourth-order valence-corrected chi connectivity index (χ4v) is 3.68. The second-order valence-electron chi connectivity index (χ2n) is 6.82. The summed E-state index contributed by atoms with van der Waals surface area (Å²) in [6.07, 6.45) is 2.81. The smallest absolute Gasteiger partial charge is 0.208 e. The molecule has 0 spiro atoms. The van der Waals surface area contributed by atoms with Gasteiger partial charge in [-0.25, -0.2) is 13.1 Å². The normalized spacial score (nSPS) is 11.8. The van der Waals surface area contributed by atoms with Crippen molar-refractivity contribution in [3.8, 4) is 5.75 Å². The van der Waals surface area contributed by atoms with Gasteiger partial charge in [0.2, 0.25) is 10.0 Å². The summed E-state index contributed by atoms with van der Waals surface area (Å²) in [7, 11) is -3.17. The zero-order valence-electron chi connectivity index (χ0n) is 17.6. The molecule has 168 valence electrons. The first kappa shape index (κ1) is 26.7. The van der Waals surface area contributed by atoms with Crippen molar-refractivity contribution in [2.45, 2.75) is 32.8 Å². The van der Waals surface area contributed by atoms with E-state index >= 15 is 0 Å². The summed E-state index contributed by atoms with van der Waals surface area (Å²) in [6.45, 7) is 5.61. The molecular weight excluding hydrogens is 535 g/mol. The molecule has 0 unspecified atom stereocenters. The molecular formula is C20H31IN4O3S2. The average molecular weight is 567 g/mol. The molecule has 1 aromatic heterocycles. The van der Waals surface area contributed by atoms with Gasteiger partial charge in [0.1, 0.15) is 5.75 Å². The minimum Gasteiger partial charge on any atom is -0.491 e. The molecule has 0 bridgehead atoms. The molecule has 0 fully saturated rings. The highest BCUT2D eigenvalue weighted by molar-refractivity contribution is 14.0. The van der Waals surface area contributed by atoms with Crippen molar-refractivity contribution in [3.05, 3.63) is 46.7 Å². The van der Waals surface area contributed by atoms with Crippen LogP contribution in [0.15, 0.2) is 46.8 Å². The predicted molar refractivity (Wildman–Crippen MR) is 137 cm³/mol. The topological polar surface area (TPSA) is 91.8 Å². The summed E-state index contributed by atoms with van der Waals surface area (Å²) in [4.78, 5) is 5.87. The third-order valence-electron chi connectivity index (χ3n) is 3.70. The molecule has 0 aliphatic heterocycles. The van der Waals surface area contributed by atoms with Crippen LogP contribution in [0.4, 0.5) is 5.69 Å². The van der Waals surface area contributed by atoms with Crippen LogP contribution in [0, 0.1) is 0 Å². The largest absolute Gasteiger partial charge is 0.491 e. The number of anilines is 1. The van der Waals surface area contributed by atoms with Gasteiger partial charge in [-0.15, -0.1) is 35.3 Å². The van der Waals surface area contributed by atoms with Gasteiger partial charge in [-0.1, -0.05) is 6.07 Å². The number of rotatable bonds is 11. The number of ether oxygens (including phenoxy) is 1. The molecule has 0 radical (unpaired) electrons. The number of benzene rings is 1. The zero-order valence-corrected chi connectivity index (χ0v) is 21.5. The Bertz CT molecular complexity index is 855. The highest BCUT2D eigenvalue weighted by Crippen LogP contribution is 2.17. The Morgan fingerprint density at radius 3 is 2.50 bits per heavy atom. The number of nitrogens with one attached hydrogen (secondary N) is 3. The minimum absolute atomic E-state index is 0. The van der Waals surface area contributed by atoms with E-state index in [4.69, 9.17) is 4.74 Å². The van der Waals surface area contributed by atoms with Crippen LogP contribution in [0.25, 0.3) is 0 Å². The molecule has 0 aliphatic carbocycles. The maximum Gasteiger partial charge on any atom is 0.208 e. The van der Waals surface area contributed by atoms with Crippen molar-refractivity contribution in [2.24, 2.45) is 4.99 Å². The number of sulfonamides is 1. The summed E-state index contributed by atoms with van der Waals surface area (Å²) in [5.74, 6) is 1.49. The molecule has 10 heteroatoms. The SMILES string of the molecule is CC(C)Oc1ccc(NC(=NCCCNS(C)(=O)=O)NCCc2cccs2)cc1.I. The van der Waals surface area contributed by atoms with Crippen LogP contribution in [0.5, 0.6) is 5.75 Å². The quantitative estimate of drug-likeness (QED) is 0.167. The highest BCUT2D eigenvalue weighted by Gasteiger charge is 2.04. The van der Waals surface area contributed by atoms with E-state index in [0.29, 0.717) is 25.5 Å². The molecule has 7 nitrogen and oxygen atoms in total. The summed E-state index contributed by atoms with van der Waals surface area (Å²) >= 11 is 1.73. The van der Waals surface area contributed by atoms with Gasteiger partial charge < -0.3 is 15.4 Å². The molecule has 2 rings (SSSR count). The lowest BCUT2D eigenvalue weighted by Crippen LogP contribution is -2.33. The average Bonchev–Trinajstić information content (AvgIpc) is 3.15. The van der Waals surface area contributed by atoms with Gasteiger partial charge >= 0.3 is 0 Å². The standard InChI is InChI=1S/C20H30N4O3S2.HI/c1-16(2)27-18-9-7-17(8-10-18)24-20(21-12-5-13-23-29(3,25)26)22-14-11-19-6-4-15-28-19;/h4,6-10,15-16,23H,5,11-14H2,1-3H3,(H2,21,22,24);1H. The van der Waals surface area contributed by atoms with Crippen molar-refractivity contribution in [1.29, 1.82) is 0 Å².